The monoisotopic (exact) mass is 447 g/mol. The lowest BCUT2D eigenvalue weighted by molar-refractivity contribution is -0.149. The Morgan fingerprint density at radius 3 is 2.58 bits per heavy atom. The molecule has 5 heteroatoms. The maximum absolute atomic E-state index is 13.1. The second-order valence-corrected chi connectivity index (χ2v) is 8.61. The maximum atomic E-state index is 13.1. The standard InChI is InChI=1S/C28H33NO4/c1-4-5-6-7-10-22-15-23-12-9-14-25(28(23)29-18-22)26(30)17-21-11-8-13-24(16-21)32-19-27(31)33-20(2)3/h8-9,11-16,18,20H,4-7,10,17,19H2,1-3H3. The third-order valence-electron chi connectivity index (χ3n) is 5.37. The molecule has 0 unspecified atom stereocenters. The van der Waals surface area contributed by atoms with E-state index in [0.29, 0.717) is 11.3 Å². The number of aryl methyl sites for hydroxylation is 1. The number of unbranched alkanes of at least 4 members (excludes halogenated alkanes) is 3. The zero-order valence-corrected chi connectivity index (χ0v) is 19.8. The molecule has 0 radical (unpaired) electrons. The number of hydrogen-bond donors (Lipinski definition) is 0. The number of hydrogen-bond acceptors (Lipinski definition) is 5. The summed E-state index contributed by atoms with van der Waals surface area (Å²) in [6.45, 7) is 5.63. The van der Waals surface area contributed by atoms with Crippen LogP contribution in [0.3, 0.4) is 0 Å². The second-order valence-electron chi connectivity index (χ2n) is 8.61. The smallest absolute Gasteiger partial charge is 0.344 e. The average Bonchev–Trinajstić information content (AvgIpc) is 2.80. The summed E-state index contributed by atoms with van der Waals surface area (Å²) in [6.07, 6.45) is 7.83. The third-order valence-corrected chi connectivity index (χ3v) is 5.37. The highest BCUT2D eigenvalue weighted by Gasteiger charge is 2.13. The van der Waals surface area contributed by atoms with Crippen molar-refractivity contribution in [2.24, 2.45) is 0 Å². The molecule has 0 aliphatic heterocycles. The Balaban J connectivity index is 1.67. The number of fused-ring (bicyclic) bond motifs is 1. The molecule has 0 fully saturated rings. The fourth-order valence-corrected chi connectivity index (χ4v) is 3.79. The molecule has 3 aromatic rings. The van der Waals surface area contributed by atoms with Gasteiger partial charge in [0.25, 0.3) is 0 Å². The summed E-state index contributed by atoms with van der Waals surface area (Å²) < 4.78 is 10.6. The Labute approximate surface area is 196 Å². The summed E-state index contributed by atoms with van der Waals surface area (Å²) in [4.78, 5) is 29.4. The van der Waals surface area contributed by atoms with Gasteiger partial charge in [-0.2, -0.15) is 0 Å². The first-order valence-corrected chi connectivity index (χ1v) is 11.8. The number of rotatable bonds is 12. The number of carbonyl (C=O) groups is 2. The highest BCUT2D eigenvalue weighted by atomic mass is 16.6. The number of ketones is 1. The number of pyridine rings is 1. The van der Waals surface area contributed by atoms with Crippen LogP contribution in [0.15, 0.2) is 54.7 Å². The minimum Gasteiger partial charge on any atom is -0.482 e. The third kappa shape index (κ3) is 7.41. The van der Waals surface area contributed by atoms with Crippen LogP contribution in [-0.2, 0) is 22.4 Å². The minimum absolute atomic E-state index is 0.000151. The molecule has 0 aliphatic rings. The van der Waals surface area contributed by atoms with Gasteiger partial charge in [-0.05, 0) is 62.1 Å². The van der Waals surface area contributed by atoms with Crippen LogP contribution in [-0.4, -0.2) is 29.4 Å². The van der Waals surface area contributed by atoms with Gasteiger partial charge in [0.15, 0.2) is 12.4 Å². The first-order valence-electron chi connectivity index (χ1n) is 11.8. The number of carbonyl (C=O) groups excluding carboxylic acids is 2. The van der Waals surface area contributed by atoms with Gasteiger partial charge in [0.2, 0.25) is 0 Å². The van der Waals surface area contributed by atoms with Gasteiger partial charge >= 0.3 is 5.97 Å². The zero-order valence-electron chi connectivity index (χ0n) is 19.8. The molecule has 0 saturated heterocycles. The van der Waals surface area contributed by atoms with Crippen LogP contribution in [0.2, 0.25) is 0 Å². The van der Waals surface area contributed by atoms with Crippen molar-refractivity contribution in [1.29, 1.82) is 0 Å². The molecule has 0 amide bonds. The van der Waals surface area contributed by atoms with Gasteiger partial charge in [0.05, 0.1) is 11.6 Å². The van der Waals surface area contributed by atoms with Crippen LogP contribution in [0, 0.1) is 0 Å². The van der Waals surface area contributed by atoms with E-state index in [9.17, 15) is 9.59 Å². The number of benzene rings is 2. The van der Waals surface area contributed by atoms with E-state index in [0.717, 1.165) is 29.3 Å². The summed E-state index contributed by atoms with van der Waals surface area (Å²) in [5.41, 5.74) is 3.39. The summed E-state index contributed by atoms with van der Waals surface area (Å²) in [7, 11) is 0. The van der Waals surface area contributed by atoms with E-state index < -0.39 is 5.97 Å². The first-order chi connectivity index (χ1) is 16.0. The van der Waals surface area contributed by atoms with Crippen molar-refractivity contribution in [1.82, 2.24) is 4.98 Å². The normalized spacial score (nSPS) is 11.0. The number of Topliss-reactive ketones (excluding diaryl/α,β-unsaturated/α-hetero) is 1. The Morgan fingerprint density at radius 2 is 1.79 bits per heavy atom. The van der Waals surface area contributed by atoms with E-state index in [1.165, 1.54) is 24.8 Å². The molecule has 0 aliphatic carbocycles. The van der Waals surface area contributed by atoms with Crippen molar-refractivity contribution in [2.45, 2.75) is 65.4 Å². The predicted molar refractivity (Wildman–Crippen MR) is 131 cm³/mol. The first kappa shape index (κ1) is 24.4. The van der Waals surface area contributed by atoms with Crippen LogP contribution < -0.4 is 4.74 Å². The zero-order chi connectivity index (χ0) is 23.6. The van der Waals surface area contributed by atoms with Gasteiger partial charge in [0, 0.05) is 23.6 Å². The molecule has 1 heterocycles. The van der Waals surface area contributed by atoms with Crippen molar-refractivity contribution in [3.05, 3.63) is 71.4 Å². The molecule has 0 N–H and O–H groups in total. The lowest BCUT2D eigenvalue weighted by atomic mass is 9.99. The SMILES string of the molecule is CCCCCCc1cnc2c(C(=O)Cc3cccc(OCC(=O)OC(C)C)c3)cccc2c1. The van der Waals surface area contributed by atoms with E-state index in [4.69, 9.17) is 9.47 Å². The fraction of sp³-hybridized carbons (Fsp3) is 0.393. The average molecular weight is 448 g/mol. The van der Waals surface area contributed by atoms with Crippen LogP contribution in [0.5, 0.6) is 5.75 Å². The fourth-order valence-electron chi connectivity index (χ4n) is 3.79. The van der Waals surface area contributed by atoms with Gasteiger partial charge in [-0.3, -0.25) is 9.78 Å². The molecule has 3 rings (SSSR count). The number of nitrogens with zero attached hydrogens (tertiary/aromatic N) is 1. The van der Waals surface area contributed by atoms with Gasteiger partial charge in [0.1, 0.15) is 5.75 Å². The number of esters is 1. The van der Waals surface area contributed by atoms with Crippen molar-refractivity contribution in [2.75, 3.05) is 6.61 Å². The van der Waals surface area contributed by atoms with E-state index in [-0.39, 0.29) is 24.9 Å². The van der Waals surface area contributed by atoms with Crippen LogP contribution in [0.4, 0.5) is 0 Å². The van der Waals surface area contributed by atoms with Gasteiger partial charge in [-0.25, -0.2) is 4.79 Å². The molecule has 5 nitrogen and oxygen atoms in total. The lowest BCUT2D eigenvalue weighted by Gasteiger charge is -2.10. The largest absolute Gasteiger partial charge is 0.482 e. The van der Waals surface area contributed by atoms with Gasteiger partial charge < -0.3 is 9.47 Å². The number of aromatic nitrogens is 1. The van der Waals surface area contributed by atoms with E-state index in [2.05, 4.69) is 18.0 Å². The molecule has 2 aromatic carbocycles. The van der Waals surface area contributed by atoms with Crippen molar-refractivity contribution < 1.29 is 19.1 Å². The Kier molecular flexibility index (Phi) is 8.99. The lowest BCUT2D eigenvalue weighted by Crippen LogP contribution is -2.18. The van der Waals surface area contributed by atoms with Crippen LogP contribution in [0.25, 0.3) is 10.9 Å². The van der Waals surface area contributed by atoms with Gasteiger partial charge in [-0.1, -0.05) is 50.5 Å². The van der Waals surface area contributed by atoms with Crippen LogP contribution >= 0.6 is 0 Å². The van der Waals surface area contributed by atoms with E-state index in [1.54, 1.807) is 26.0 Å². The summed E-state index contributed by atoms with van der Waals surface area (Å²) in [5, 5.41) is 0.995. The van der Waals surface area contributed by atoms with Crippen LogP contribution in [0.1, 0.15) is 67.9 Å². The highest BCUT2D eigenvalue weighted by molar-refractivity contribution is 6.07. The van der Waals surface area contributed by atoms with Crippen molar-refractivity contribution in [3.8, 4) is 5.75 Å². The summed E-state index contributed by atoms with van der Waals surface area (Å²) >= 11 is 0. The van der Waals surface area contributed by atoms with Gasteiger partial charge in [-0.15, -0.1) is 0 Å². The molecule has 174 valence electrons. The Hall–Kier alpha value is -3.21. The molecule has 33 heavy (non-hydrogen) atoms. The summed E-state index contributed by atoms with van der Waals surface area (Å²) in [6, 6.07) is 15.2. The molecule has 0 saturated carbocycles. The number of para-hydroxylation sites is 1. The molecular weight excluding hydrogens is 414 g/mol. The molecular formula is C28H33NO4. The summed E-state index contributed by atoms with van der Waals surface area (Å²) in [5.74, 6) is 0.114. The minimum atomic E-state index is -0.418. The maximum Gasteiger partial charge on any atom is 0.344 e. The van der Waals surface area contributed by atoms with E-state index in [1.807, 2.05) is 36.5 Å². The topological polar surface area (TPSA) is 65.5 Å². The molecule has 0 spiro atoms. The van der Waals surface area contributed by atoms with E-state index >= 15 is 0 Å². The van der Waals surface area contributed by atoms with Crippen molar-refractivity contribution >= 4 is 22.7 Å². The Morgan fingerprint density at radius 1 is 0.970 bits per heavy atom. The number of ether oxygens (including phenoxy) is 2. The molecule has 0 atom stereocenters. The predicted octanol–water partition coefficient (Wildman–Crippen LogP) is 6.11. The molecule has 1 aromatic heterocycles. The Bertz CT molecular complexity index is 1090. The quantitative estimate of drug-likeness (QED) is 0.190. The second kappa shape index (κ2) is 12.1. The van der Waals surface area contributed by atoms with Crippen molar-refractivity contribution in [3.63, 3.8) is 0 Å². The highest BCUT2D eigenvalue weighted by Crippen LogP contribution is 2.22. The molecule has 0 bridgehead atoms.